The Bertz CT molecular complexity index is 872. The molecule has 0 amide bonds. The molecule has 0 aliphatic rings. The summed E-state index contributed by atoms with van der Waals surface area (Å²) in [6.45, 7) is 0. The number of nitrogens with zero attached hydrogens (tertiary/aromatic N) is 2. The van der Waals surface area contributed by atoms with E-state index in [4.69, 9.17) is 0 Å². The highest BCUT2D eigenvalue weighted by molar-refractivity contribution is 8.00. The molecule has 0 unspecified atom stereocenters. The molecule has 0 saturated heterocycles. The molecule has 3 aromatic rings. The van der Waals surface area contributed by atoms with Crippen molar-refractivity contribution in [3.63, 3.8) is 0 Å². The van der Waals surface area contributed by atoms with Gasteiger partial charge in [-0.3, -0.25) is 0 Å². The fraction of sp³-hybridized carbons (Fsp3) is 0.118. The second kappa shape index (κ2) is 7.46. The average Bonchev–Trinajstić information content (AvgIpc) is 3.01. The number of aliphatic carboxylic acids is 1. The van der Waals surface area contributed by atoms with E-state index in [-0.39, 0.29) is 5.71 Å². The third-order valence-electron chi connectivity index (χ3n) is 3.28. The molecule has 0 radical (unpaired) electrons. The van der Waals surface area contributed by atoms with Crippen LogP contribution >= 0.6 is 23.1 Å². The summed E-state index contributed by atoms with van der Waals surface area (Å²) < 4.78 is 2.09. The van der Waals surface area contributed by atoms with Crippen LogP contribution in [0.1, 0.15) is 11.1 Å². The topological polar surface area (TPSA) is 71.8 Å². The van der Waals surface area contributed by atoms with Crippen molar-refractivity contribution in [1.29, 1.82) is 0 Å². The van der Waals surface area contributed by atoms with Gasteiger partial charge in [-0.1, -0.05) is 53.3 Å². The van der Waals surface area contributed by atoms with Crippen LogP contribution in [0.2, 0.25) is 0 Å². The van der Waals surface area contributed by atoms with Crippen LogP contribution in [0.25, 0.3) is 10.2 Å². The van der Waals surface area contributed by atoms with Crippen LogP contribution in [0.3, 0.4) is 0 Å². The number of thiazole rings is 1. The fourth-order valence-electron chi connectivity index (χ4n) is 2.22. The Morgan fingerprint density at radius 1 is 1.25 bits per heavy atom. The van der Waals surface area contributed by atoms with Crippen molar-refractivity contribution in [3.8, 4) is 0 Å². The highest BCUT2D eigenvalue weighted by Gasteiger charge is 2.17. The van der Waals surface area contributed by atoms with Crippen molar-refractivity contribution in [2.75, 3.05) is 7.11 Å². The van der Waals surface area contributed by atoms with Gasteiger partial charge in [0.1, 0.15) is 7.11 Å². The van der Waals surface area contributed by atoms with Gasteiger partial charge in [0.2, 0.25) is 0 Å². The summed E-state index contributed by atoms with van der Waals surface area (Å²) in [7, 11) is 1.33. The molecule has 122 valence electrons. The monoisotopic (exact) mass is 358 g/mol. The Kier molecular flexibility index (Phi) is 5.12. The number of aromatic nitrogens is 1. The molecule has 0 bridgehead atoms. The Morgan fingerprint density at radius 2 is 2.00 bits per heavy atom. The maximum atomic E-state index is 11.4. The lowest BCUT2D eigenvalue weighted by Crippen LogP contribution is -2.16. The fourth-order valence-corrected chi connectivity index (χ4v) is 4.30. The number of rotatable bonds is 6. The molecular weight excluding hydrogens is 344 g/mol. The first-order chi connectivity index (χ1) is 11.7. The van der Waals surface area contributed by atoms with Gasteiger partial charge in [-0.15, -0.1) is 11.3 Å². The van der Waals surface area contributed by atoms with Crippen LogP contribution in [-0.2, 0) is 15.4 Å². The predicted octanol–water partition coefficient (Wildman–Crippen LogP) is 4.02. The van der Waals surface area contributed by atoms with E-state index < -0.39 is 5.97 Å². The Labute approximate surface area is 147 Å². The molecule has 7 heteroatoms. The molecule has 1 aromatic heterocycles. The number of hydrogen-bond donors (Lipinski definition) is 1. The first-order valence-electron chi connectivity index (χ1n) is 7.10. The van der Waals surface area contributed by atoms with Gasteiger partial charge in [-0.05, 0) is 17.7 Å². The van der Waals surface area contributed by atoms with Gasteiger partial charge < -0.3 is 9.94 Å². The number of benzene rings is 2. The van der Waals surface area contributed by atoms with E-state index in [9.17, 15) is 9.90 Å². The maximum Gasteiger partial charge on any atom is 0.358 e. The number of thioether (sulfide) groups is 1. The molecule has 1 heterocycles. The molecule has 0 spiro atoms. The third kappa shape index (κ3) is 3.58. The van der Waals surface area contributed by atoms with Crippen LogP contribution in [-0.4, -0.2) is 28.9 Å². The van der Waals surface area contributed by atoms with Crippen molar-refractivity contribution in [2.45, 2.75) is 10.1 Å². The maximum absolute atomic E-state index is 11.4. The van der Waals surface area contributed by atoms with Crippen molar-refractivity contribution in [2.24, 2.45) is 5.16 Å². The smallest absolute Gasteiger partial charge is 0.358 e. The number of carboxylic acid groups (broad SMARTS) is 1. The zero-order chi connectivity index (χ0) is 16.9. The van der Waals surface area contributed by atoms with Crippen LogP contribution in [0.15, 0.2) is 58.0 Å². The zero-order valence-electron chi connectivity index (χ0n) is 12.8. The van der Waals surface area contributed by atoms with E-state index in [0.717, 1.165) is 20.1 Å². The first-order valence-corrected chi connectivity index (χ1v) is 8.90. The highest BCUT2D eigenvalue weighted by Crippen LogP contribution is 2.32. The van der Waals surface area contributed by atoms with Gasteiger partial charge in [-0.2, -0.15) is 0 Å². The standard InChI is InChI=1S/C17H14N2O3S2/c1-22-19-15(16(20)21)12-7-3-2-6-11(12)10-23-17-18-13-8-4-5-9-14(13)24-17/h2-9H,10H2,1H3,(H,20,21). The van der Waals surface area contributed by atoms with Crippen LogP contribution in [0.5, 0.6) is 0 Å². The summed E-state index contributed by atoms with van der Waals surface area (Å²) in [5.74, 6) is -0.513. The van der Waals surface area contributed by atoms with Crippen LogP contribution < -0.4 is 0 Å². The zero-order valence-corrected chi connectivity index (χ0v) is 14.4. The molecule has 0 aliphatic carbocycles. The van der Waals surface area contributed by atoms with E-state index >= 15 is 0 Å². The SMILES string of the molecule is CON=C(C(=O)O)c1ccccc1CSc1nc2ccccc2s1. The highest BCUT2D eigenvalue weighted by atomic mass is 32.2. The second-order valence-electron chi connectivity index (χ2n) is 4.82. The molecule has 0 fully saturated rings. The van der Waals surface area contributed by atoms with E-state index in [1.807, 2.05) is 36.4 Å². The second-order valence-corrected chi connectivity index (χ2v) is 7.07. The largest absolute Gasteiger partial charge is 0.476 e. The molecule has 5 nitrogen and oxygen atoms in total. The summed E-state index contributed by atoms with van der Waals surface area (Å²) in [5.41, 5.74) is 2.31. The summed E-state index contributed by atoms with van der Waals surface area (Å²) >= 11 is 3.21. The molecule has 0 atom stereocenters. The molecule has 3 rings (SSSR count). The molecule has 0 saturated carbocycles. The Balaban J connectivity index is 1.85. The summed E-state index contributed by atoms with van der Waals surface area (Å²) in [6.07, 6.45) is 0. The van der Waals surface area contributed by atoms with Crippen LogP contribution in [0, 0.1) is 0 Å². The number of hydrogen-bond acceptors (Lipinski definition) is 6. The minimum Gasteiger partial charge on any atom is -0.476 e. The van der Waals surface area contributed by atoms with Gasteiger partial charge in [0.15, 0.2) is 10.1 Å². The summed E-state index contributed by atoms with van der Waals surface area (Å²) in [4.78, 5) is 20.7. The van der Waals surface area contributed by atoms with E-state index in [2.05, 4.69) is 15.0 Å². The van der Waals surface area contributed by atoms with Crippen molar-refractivity contribution >= 4 is 45.0 Å². The molecule has 24 heavy (non-hydrogen) atoms. The van der Waals surface area contributed by atoms with Gasteiger partial charge in [0, 0.05) is 11.3 Å². The van der Waals surface area contributed by atoms with E-state index in [1.54, 1.807) is 35.2 Å². The van der Waals surface area contributed by atoms with Crippen molar-refractivity contribution in [1.82, 2.24) is 4.98 Å². The summed E-state index contributed by atoms with van der Waals surface area (Å²) in [5, 5.41) is 13.0. The minimum absolute atomic E-state index is 0.0991. The van der Waals surface area contributed by atoms with Gasteiger partial charge in [0.05, 0.1) is 10.2 Å². The number of carbonyl (C=O) groups is 1. The van der Waals surface area contributed by atoms with E-state index in [1.165, 1.54) is 7.11 Å². The third-order valence-corrected chi connectivity index (χ3v) is 5.51. The number of fused-ring (bicyclic) bond motifs is 1. The molecule has 1 N–H and O–H groups in total. The predicted molar refractivity (Wildman–Crippen MR) is 96.8 cm³/mol. The molecule has 0 aliphatic heterocycles. The van der Waals surface area contributed by atoms with E-state index in [0.29, 0.717) is 11.3 Å². The van der Waals surface area contributed by atoms with Gasteiger partial charge >= 0.3 is 5.97 Å². The lowest BCUT2D eigenvalue weighted by Gasteiger charge is -2.07. The Morgan fingerprint density at radius 3 is 2.75 bits per heavy atom. The Hall–Kier alpha value is -2.38. The number of para-hydroxylation sites is 1. The van der Waals surface area contributed by atoms with Crippen LogP contribution in [0.4, 0.5) is 0 Å². The normalized spacial score (nSPS) is 11.6. The lowest BCUT2D eigenvalue weighted by atomic mass is 10.0. The molecule has 2 aromatic carbocycles. The lowest BCUT2D eigenvalue weighted by molar-refractivity contribution is -0.129. The minimum atomic E-state index is -1.12. The average molecular weight is 358 g/mol. The van der Waals surface area contributed by atoms with Crippen molar-refractivity contribution in [3.05, 3.63) is 59.7 Å². The number of carboxylic acids is 1. The van der Waals surface area contributed by atoms with Gasteiger partial charge in [-0.25, -0.2) is 9.78 Å². The van der Waals surface area contributed by atoms with Gasteiger partial charge in [0.25, 0.3) is 0 Å². The number of oxime groups is 1. The van der Waals surface area contributed by atoms with Crippen molar-refractivity contribution < 1.29 is 14.7 Å². The quantitative estimate of drug-likeness (QED) is 0.409. The summed E-state index contributed by atoms with van der Waals surface area (Å²) in [6, 6.07) is 15.3. The molecular formula is C17H14N2O3S2. The first kappa shape index (κ1) is 16.5.